The van der Waals surface area contributed by atoms with Gasteiger partial charge in [0, 0.05) is 11.6 Å². The van der Waals surface area contributed by atoms with Crippen LogP contribution in [0, 0.1) is 13.8 Å². The van der Waals surface area contributed by atoms with Crippen LogP contribution in [0.25, 0.3) is 0 Å². The number of phenols is 2. The molecule has 0 bridgehead atoms. The lowest BCUT2D eigenvalue weighted by molar-refractivity contribution is 0.0958. The predicted octanol–water partition coefficient (Wildman–Crippen LogP) is 1.94. The second kappa shape index (κ2) is 5.70. The van der Waals surface area contributed by atoms with Crippen molar-refractivity contribution in [2.75, 3.05) is 0 Å². The lowest BCUT2D eigenvalue weighted by Gasteiger charge is -2.00. The molecule has 0 unspecified atom stereocenters. The van der Waals surface area contributed by atoms with Crippen LogP contribution >= 0.6 is 11.3 Å². The van der Waals surface area contributed by atoms with Crippen molar-refractivity contribution in [1.82, 2.24) is 10.4 Å². The Hall–Kier alpha value is -2.41. The fraction of sp³-hybridized carbons (Fsp3) is 0.154. The van der Waals surface area contributed by atoms with E-state index in [0.29, 0.717) is 16.1 Å². The number of nitrogens with zero attached hydrogens (tertiary/aromatic N) is 2. The summed E-state index contributed by atoms with van der Waals surface area (Å²) < 4.78 is 0. The van der Waals surface area contributed by atoms with E-state index in [1.54, 1.807) is 6.92 Å². The highest BCUT2D eigenvalue weighted by Gasteiger charge is 2.12. The zero-order valence-corrected chi connectivity index (χ0v) is 11.7. The summed E-state index contributed by atoms with van der Waals surface area (Å²) in [5, 5.41) is 23.3. The number of phenolic OH excluding ortho intramolecular Hbond substituents is 2. The van der Waals surface area contributed by atoms with Crippen molar-refractivity contribution >= 4 is 23.5 Å². The fourth-order valence-electron chi connectivity index (χ4n) is 1.59. The highest BCUT2D eigenvalue weighted by molar-refractivity contribution is 7.13. The molecule has 0 saturated carbocycles. The summed E-state index contributed by atoms with van der Waals surface area (Å²) >= 11 is 1.29. The normalized spacial score (nSPS) is 10.9. The van der Waals surface area contributed by atoms with Gasteiger partial charge in [-0.15, -0.1) is 11.3 Å². The van der Waals surface area contributed by atoms with Crippen LogP contribution in [-0.2, 0) is 0 Å². The van der Waals surface area contributed by atoms with E-state index in [0.717, 1.165) is 5.01 Å². The molecule has 3 N–H and O–H groups in total. The summed E-state index contributed by atoms with van der Waals surface area (Å²) in [6, 6.07) is 4.10. The first kappa shape index (κ1) is 14.0. The maximum atomic E-state index is 11.9. The Morgan fingerprint density at radius 2 is 2.15 bits per heavy atom. The molecule has 0 aliphatic carbocycles. The van der Waals surface area contributed by atoms with Crippen molar-refractivity contribution < 1.29 is 15.0 Å². The number of rotatable bonds is 3. The first-order valence-corrected chi connectivity index (χ1v) is 6.58. The van der Waals surface area contributed by atoms with Crippen LogP contribution in [0.5, 0.6) is 11.5 Å². The molecule has 2 aromatic rings. The molecule has 6 nitrogen and oxygen atoms in total. The molecular weight excluding hydrogens is 278 g/mol. The number of carbonyl (C=O) groups is 1. The van der Waals surface area contributed by atoms with Crippen molar-refractivity contribution in [3.63, 3.8) is 0 Å². The van der Waals surface area contributed by atoms with Crippen LogP contribution in [0.15, 0.2) is 23.3 Å². The number of aromatic hydroxyl groups is 2. The van der Waals surface area contributed by atoms with Crippen molar-refractivity contribution in [2.45, 2.75) is 13.8 Å². The van der Waals surface area contributed by atoms with Gasteiger partial charge in [-0.05, 0) is 26.0 Å². The average molecular weight is 291 g/mol. The Kier molecular flexibility index (Phi) is 3.99. The number of hydrogen-bond acceptors (Lipinski definition) is 6. The number of nitrogens with one attached hydrogen (secondary N) is 1. The molecule has 0 saturated heterocycles. The van der Waals surface area contributed by atoms with E-state index in [1.165, 1.54) is 35.8 Å². The number of benzene rings is 1. The molecule has 0 aliphatic heterocycles. The van der Waals surface area contributed by atoms with Crippen LogP contribution in [-0.4, -0.2) is 27.3 Å². The number of amides is 1. The molecule has 0 radical (unpaired) electrons. The molecule has 1 aromatic carbocycles. The molecule has 0 aliphatic rings. The van der Waals surface area contributed by atoms with E-state index >= 15 is 0 Å². The van der Waals surface area contributed by atoms with E-state index in [4.69, 9.17) is 5.11 Å². The lowest BCUT2D eigenvalue weighted by Crippen LogP contribution is -2.17. The first-order chi connectivity index (χ1) is 9.47. The minimum atomic E-state index is -0.345. The van der Waals surface area contributed by atoms with Gasteiger partial charge in [0.25, 0.3) is 5.91 Å². The number of hydrazone groups is 1. The Morgan fingerprint density at radius 3 is 2.75 bits per heavy atom. The molecule has 0 fully saturated rings. The minimum Gasteiger partial charge on any atom is -0.508 e. The smallest absolute Gasteiger partial charge is 0.283 e. The van der Waals surface area contributed by atoms with Crippen molar-refractivity contribution in [3.8, 4) is 11.5 Å². The maximum Gasteiger partial charge on any atom is 0.283 e. The quantitative estimate of drug-likeness (QED) is 0.595. The van der Waals surface area contributed by atoms with Gasteiger partial charge in [-0.3, -0.25) is 4.79 Å². The molecule has 104 valence electrons. The van der Waals surface area contributed by atoms with Gasteiger partial charge in [0.1, 0.15) is 16.4 Å². The SMILES string of the molecule is Cc1nc(C)c(C(=O)N/N=C/c2ccc(O)cc2O)s1. The van der Waals surface area contributed by atoms with Crippen LogP contribution in [0.1, 0.15) is 25.9 Å². The van der Waals surface area contributed by atoms with Gasteiger partial charge >= 0.3 is 0 Å². The molecule has 7 heteroatoms. The highest BCUT2D eigenvalue weighted by atomic mass is 32.1. The standard InChI is InChI=1S/C13H13N3O3S/c1-7-12(20-8(2)15-7)13(19)16-14-6-9-3-4-10(17)5-11(9)18/h3-6,17-18H,1-2H3,(H,16,19)/b14-6+. The third-order valence-electron chi connectivity index (χ3n) is 2.49. The highest BCUT2D eigenvalue weighted by Crippen LogP contribution is 2.21. The first-order valence-electron chi connectivity index (χ1n) is 5.77. The summed E-state index contributed by atoms with van der Waals surface area (Å²) in [6.45, 7) is 3.58. The monoisotopic (exact) mass is 291 g/mol. The number of thiazole rings is 1. The number of hydrogen-bond donors (Lipinski definition) is 3. The van der Waals surface area contributed by atoms with E-state index in [2.05, 4.69) is 15.5 Å². The van der Waals surface area contributed by atoms with Gasteiger partial charge in [0.15, 0.2) is 0 Å². The number of aromatic nitrogens is 1. The summed E-state index contributed by atoms with van der Waals surface area (Å²) in [7, 11) is 0. The molecule has 1 amide bonds. The largest absolute Gasteiger partial charge is 0.508 e. The van der Waals surface area contributed by atoms with Gasteiger partial charge in [-0.25, -0.2) is 10.4 Å². The Balaban J connectivity index is 2.06. The summed E-state index contributed by atoms with van der Waals surface area (Å²) in [5.41, 5.74) is 3.42. The van der Waals surface area contributed by atoms with E-state index in [9.17, 15) is 9.90 Å². The van der Waals surface area contributed by atoms with Crippen LogP contribution in [0.3, 0.4) is 0 Å². The van der Waals surface area contributed by atoms with Crippen LogP contribution in [0.2, 0.25) is 0 Å². The molecule has 20 heavy (non-hydrogen) atoms. The topological polar surface area (TPSA) is 94.8 Å². The van der Waals surface area contributed by atoms with Gasteiger partial charge in [0.05, 0.1) is 16.9 Å². The maximum absolute atomic E-state index is 11.9. The van der Waals surface area contributed by atoms with Gasteiger partial charge in [-0.1, -0.05) is 0 Å². The second-order valence-corrected chi connectivity index (χ2v) is 5.29. The van der Waals surface area contributed by atoms with Gasteiger partial charge < -0.3 is 10.2 Å². The number of aryl methyl sites for hydroxylation is 2. The molecular formula is C13H13N3O3S. The van der Waals surface area contributed by atoms with E-state index < -0.39 is 0 Å². The van der Waals surface area contributed by atoms with Crippen LogP contribution < -0.4 is 5.43 Å². The van der Waals surface area contributed by atoms with E-state index in [-0.39, 0.29) is 17.4 Å². The van der Waals surface area contributed by atoms with Crippen molar-refractivity contribution in [3.05, 3.63) is 39.3 Å². The number of carbonyl (C=O) groups excluding carboxylic acids is 1. The Morgan fingerprint density at radius 1 is 1.40 bits per heavy atom. The molecule has 0 atom stereocenters. The molecule has 2 rings (SSSR count). The average Bonchev–Trinajstić information content (AvgIpc) is 2.71. The summed E-state index contributed by atoms with van der Waals surface area (Å²) in [6.07, 6.45) is 1.30. The molecule has 1 heterocycles. The molecule has 1 aromatic heterocycles. The lowest BCUT2D eigenvalue weighted by atomic mass is 10.2. The fourth-order valence-corrected chi connectivity index (χ4v) is 2.40. The zero-order chi connectivity index (χ0) is 14.7. The zero-order valence-electron chi connectivity index (χ0n) is 10.9. The van der Waals surface area contributed by atoms with E-state index in [1.807, 2.05) is 6.92 Å². The minimum absolute atomic E-state index is 0.0422. The predicted molar refractivity (Wildman–Crippen MR) is 76.4 cm³/mol. The Labute approximate surface area is 119 Å². The third-order valence-corrected chi connectivity index (χ3v) is 3.57. The summed E-state index contributed by atoms with van der Waals surface area (Å²) in [5.74, 6) is -0.505. The van der Waals surface area contributed by atoms with Gasteiger partial charge in [-0.2, -0.15) is 5.10 Å². The van der Waals surface area contributed by atoms with Crippen LogP contribution in [0.4, 0.5) is 0 Å². The third kappa shape index (κ3) is 3.12. The van der Waals surface area contributed by atoms with Gasteiger partial charge in [0.2, 0.25) is 0 Å². The van der Waals surface area contributed by atoms with Crippen molar-refractivity contribution in [1.29, 1.82) is 0 Å². The molecule has 0 spiro atoms. The second-order valence-electron chi connectivity index (χ2n) is 4.09. The summed E-state index contributed by atoms with van der Waals surface area (Å²) in [4.78, 5) is 16.5. The van der Waals surface area contributed by atoms with Crippen molar-refractivity contribution in [2.24, 2.45) is 5.10 Å². The Bertz CT molecular complexity index is 679.